The lowest BCUT2D eigenvalue weighted by Crippen LogP contribution is -2.30. The normalized spacial score (nSPS) is 9.86. The number of ether oxygens (including phenoxy) is 1. The van der Waals surface area contributed by atoms with E-state index >= 15 is 0 Å². The van der Waals surface area contributed by atoms with E-state index in [1.165, 1.54) is 0 Å². The summed E-state index contributed by atoms with van der Waals surface area (Å²) >= 11 is 3.38. The Labute approximate surface area is 138 Å². The maximum atomic E-state index is 12.1. The topological polar surface area (TPSA) is 53.3 Å². The van der Waals surface area contributed by atoms with Crippen LogP contribution in [0.3, 0.4) is 0 Å². The second-order valence-electron chi connectivity index (χ2n) is 4.80. The van der Waals surface area contributed by atoms with Crippen molar-refractivity contribution < 1.29 is 9.53 Å². The third-order valence-electron chi connectivity index (χ3n) is 3.10. The maximum Gasteiger partial charge on any atom is 0.260 e. The fraction of sp³-hybridized carbons (Fsp3) is 0.176. The molecule has 0 aliphatic rings. The molecule has 0 aliphatic heterocycles. The molecule has 1 amide bonds. The van der Waals surface area contributed by atoms with Crippen LogP contribution in [0.25, 0.3) is 0 Å². The molecule has 0 unspecified atom stereocenters. The highest BCUT2D eigenvalue weighted by atomic mass is 79.9. The smallest absolute Gasteiger partial charge is 0.260 e. The molecule has 0 saturated carbocycles. The Morgan fingerprint density at radius 3 is 2.41 bits per heavy atom. The number of nitrogens with zero attached hydrogens (tertiary/aromatic N) is 2. The number of hydrogen-bond acceptors (Lipinski definition) is 3. The first-order chi connectivity index (χ1) is 10.6. The van der Waals surface area contributed by atoms with Crippen molar-refractivity contribution in [3.8, 4) is 11.8 Å². The van der Waals surface area contributed by atoms with Gasteiger partial charge in [0.15, 0.2) is 6.61 Å². The van der Waals surface area contributed by atoms with Crippen molar-refractivity contribution >= 4 is 21.8 Å². The van der Waals surface area contributed by atoms with Gasteiger partial charge in [-0.2, -0.15) is 5.26 Å². The van der Waals surface area contributed by atoms with Gasteiger partial charge in [0.2, 0.25) is 0 Å². The van der Waals surface area contributed by atoms with Crippen LogP contribution in [0.2, 0.25) is 0 Å². The Balaban J connectivity index is 1.85. The second kappa shape index (κ2) is 7.62. The molecule has 5 heteroatoms. The molecule has 2 aromatic rings. The first-order valence-electron chi connectivity index (χ1n) is 6.70. The van der Waals surface area contributed by atoms with Crippen LogP contribution in [0.5, 0.6) is 5.75 Å². The number of carbonyl (C=O) groups excluding carboxylic acids is 1. The molecule has 0 heterocycles. The molecule has 0 N–H and O–H groups in total. The van der Waals surface area contributed by atoms with Gasteiger partial charge in [-0.3, -0.25) is 4.79 Å². The highest BCUT2D eigenvalue weighted by molar-refractivity contribution is 9.10. The van der Waals surface area contributed by atoms with Gasteiger partial charge < -0.3 is 9.64 Å². The van der Waals surface area contributed by atoms with Gasteiger partial charge in [-0.15, -0.1) is 0 Å². The predicted octanol–water partition coefficient (Wildman–Crippen LogP) is 3.36. The molecule has 0 aromatic heterocycles. The van der Waals surface area contributed by atoms with Crippen LogP contribution in [-0.4, -0.2) is 24.5 Å². The van der Waals surface area contributed by atoms with Crippen LogP contribution in [0, 0.1) is 11.3 Å². The van der Waals surface area contributed by atoms with Gasteiger partial charge in [0, 0.05) is 18.1 Å². The number of amides is 1. The zero-order chi connectivity index (χ0) is 15.9. The van der Waals surface area contributed by atoms with Gasteiger partial charge in [-0.25, -0.2) is 0 Å². The first kappa shape index (κ1) is 16.1. The minimum absolute atomic E-state index is 0.0288. The molecule has 0 fully saturated rings. The fourth-order valence-corrected chi connectivity index (χ4v) is 2.10. The van der Waals surface area contributed by atoms with Crippen LogP contribution in [0.4, 0.5) is 0 Å². The summed E-state index contributed by atoms with van der Waals surface area (Å²) in [4.78, 5) is 13.7. The Hall–Kier alpha value is -2.32. The Morgan fingerprint density at radius 2 is 1.82 bits per heavy atom. The zero-order valence-corrected chi connectivity index (χ0v) is 13.7. The number of halogens is 1. The first-order valence-corrected chi connectivity index (χ1v) is 7.49. The third-order valence-corrected chi connectivity index (χ3v) is 3.63. The van der Waals surface area contributed by atoms with E-state index in [0.29, 0.717) is 17.9 Å². The molecule has 0 bridgehead atoms. The number of nitriles is 1. The van der Waals surface area contributed by atoms with Crippen molar-refractivity contribution in [1.29, 1.82) is 5.26 Å². The molecule has 0 spiro atoms. The summed E-state index contributed by atoms with van der Waals surface area (Å²) in [6.07, 6.45) is 0. The molecule has 22 heavy (non-hydrogen) atoms. The molecule has 0 radical (unpaired) electrons. The van der Waals surface area contributed by atoms with E-state index in [2.05, 4.69) is 15.9 Å². The van der Waals surface area contributed by atoms with Gasteiger partial charge >= 0.3 is 0 Å². The fourth-order valence-electron chi connectivity index (χ4n) is 1.83. The molecule has 4 nitrogen and oxygen atoms in total. The molecule has 0 atom stereocenters. The minimum atomic E-state index is -0.104. The van der Waals surface area contributed by atoms with Gasteiger partial charge in [0.05, 0.1) is 11.6 Å². The highest BCUT2D eigenvalue weighted by Crippen LogP contribution is 2.13. The second-order valence-corrected chi connectivity index (χ2v) is 5.72. The van der Waals surface area contributed by atoms with E-state index in [0.717, 1.165) is 10.0 Å². The van der Waals surface area contributed by atoms with Gasteiger partial charge in [0.1, 0.15) is 5.75 Å². The van der Waals surface area contributed by atoms with Crippen LogP contribution in [0.1, 0.15) is 11.1 Å². The number of hydrogen-bond donors (Lipinski definition) is 0. The van der Waals surface area contributed by atoms with E-state index < -0.39 is 0 Å². The Bertz CT molecular complexity index is 675. The van der Waals surface area contributed by atoms with Crippen molar-refractivity contribution in [2.75, 3.05) is 13.7 Å². The Kier molecular flexibility index (Phi) is 5.56. The van der Waals surface area contributed by atoms with Crippen molar-refractivity contribution in [1.82, 2.24) is 4.90 Å². The average Bonchev–Trinajstić information content (AvgIpc) is 2.55. The van der Waals surface area contributed by atoms with E-state index in [9.17, 15) is 4.79 Å². The third kappa shape index (κ3) is 4.61. The summed E-state index contributed by atoms with van der Waals surface area (Å²) < 4.78 is 6.45. The zero-order valence-electron chi connectivity index (χ0n) is 12.1. The summed E-state index contributed by atoms with van der Waals surface area (Å²) in [5.41, 5.74) is 1.61. The largest absolute Gasteiger partial charge is 0.484 e. The quantitative estimate of drug-likeness (QED) is 0.823. The van der Waals surface area contributed by atoms with Crippen LogP contribution >= 0.6 is 15.9 Å². The van der Waals surface area contributed by atoms with Gasteiger partial charge in [0.25, 0.3) is 5.91 Å². The number of likely N-dealkylation sites (N-methyl/N-ethyl adjacent to an activating group) is 1. The maximum absolute atomic E-state index is 12.1. The lowest BCUT2D eigenvalue weighted by atomic mass is 10.2. The summed E-state index contributed by atoms with van der Waals surface area (Å²) in [5, 5.41) is 8.72. The van der Waals surface area contributed by atoms with Crippen LogP contribution < -0.4 is 4.74 Å². The van der Waals surface area contributed by atoms with E-state index in [1.54, 1.807) is 36.2 Å². The van der Waals surface area contributed by atoms with E-state index in [-0.39, 0.29) is 12.5 Å². The monoisotopic (exact) mass is 358 g/mol. The van der Waals surface area contributed by atoms with Crippen molar-refractivity contribution in [2.45, 2.75) is 6.54 Å². The van der Waals surface area contributed by atoms with Crippen LogP contribution in [-0.2, 0) is 11.3 Å². The van der Waals surface area contributed by atoms with Crippen LogP contribution in [0.15, 0.2) is 53.0 Å². The predicted molar refractivity (Wildman–Crippen MR) is 87.3 cm³/mol. The SMILES string of the molecule is CN(Cc1ccc(Br)cc1)C(=O)COc1ccc(C#N)cc1. The molecule has 2 aromatic carbocycles. The van der Waals surface area contributed by atoms with Gasteiger partial charge in [-0.05, 0) is 42.0 Å². The summed E-state index contributed by atoms with van der Waals surface area (Å²) in [6.45, 7) is 0.502. The summed E-state index contributed by atoms with van der Waals surface area (Å²) in [6, 6.07) is 16.5. The Morgan fingerprint density at radius 1 is 1.18 bits per heavy atom. The summed E-state index contributed by atoms with van der Waals surface area (Å²) in [5.74, 6) is 0.469. The van der Waals surface area contributed by atoms with Gasteiger partial charge in [-0.1, -0.05) is 28.1 Å². The average molecular weight is 359 g/mol. The van der Waals surface area contributed by atoms with Crippen molar-refractivity contribution in [2.24, 2.45) is 0 Å². The molecule has 2 rings (SSSR count). The molecule has 0 saturated heterocycles. The molecular weight excluding hydrogens is 344 g/mol. The number of carbonyl (C=O) groups is 1. The lowest BCUT2D eigenvalue weighted by Gasteiger charge is -2.17. The standard InChI is InChI=1S/C17H15BrN2O2/c1-20(11-14-2-6-15(18)7-3-14)17(21)12-22-16-8-4-13(10-19)5-9-16/h2-9H,11-12H2,1H3. The van der Waals surface area contributed by atoms with Crippen molar-refractivity contribution in [3.63, 3.8) is 0 Å². The summed E-state index contributed by atoms with van der Waals surface area (Å²) in [7, 11) is 1.74. The molecule has 112 valence electrons. The number of rotatable bonds is 5. The van der Waals surface area contributed by atoms with Crippen molar-refractivity contribution in [3.05, 3.63) is 64.1 Å². The van der Waals surface area contributed by atoms with E-state index in [4.69, 9.17) is 10.00 Å². The minimum Gasteiger partial charge on any atom is -0.484 e. The highest BCUT2D eigenvalue weighted by Gasteiger charge is 2.10. The molecule has 0 aliphatic carbocycles. The lowest BCUT2D eigenvalue weighted by molar-refractivity contribution is -0.132. The molecular formula is C17H15BrN2O2. The van der Waals surface area contributed by atoms with E-state index in [1.807, 2.05) is 30.3 Å². The number of benzene rings is 2.